The molecule has 0 aliphatic carbocycles. The van der Waals surface area contributed by atoms with Gasteiger partial charge in [-0.15, -0.1) is 0 Å². The molecule has 0 fully saturated rings. The van der Waals surface area contributed by atoms with E-state index in [-0.39, 0.29) is 19.1 Å². The molecular weight excluding hydrogens is 354 g/mol. The van der Waals surface area contributed by atoms with Crippen LogP contribution in [0.5, 0.6) is 5.75 Å². The van der Waals surface area contributed by atoms with E-state index in [1.807, 2.05) is 0 Å². The Balaban J connectivity index is 2.12. The molecule has 0 aliphatic rings. The molecule has 0 heterocycles. The Labute approximate surface area is 143 Å². The first-order valence-corrected chi connectivity index (χ1v) is 7.66. The minimum absolute atomic E-state index is 0.105. The van der Waals surface area contributed by atoms with Gasteiger partial charge in [0, 0.05) is 21.0 Å². The molecule has 0 amide bonds. The molecular formula is C15H12Cl4O2. The zero-order valence-electron chi connectivity index (χ0n) is 10.8. The summed E-state index contributed by atoms with van der Waals surface area (Å²) in [4.78, 5) is 0. The molecule has 1 N–H and O–H groups in total. The Bertz CT molecular complexity index is 631. The van der Waals surface area contributed by atoms with E-state index in [2.05, 4.69) is 0 Å². The number of benzene rings is 2. The summed E-state index contributed by atoms with van der Waals surface area (Å²) in [5, 5.41) is 11.5. The monoisotopic (exact) mass is 364 g/mol. The lowest BCUT2D eigenvalue weighted by atomic mass is 10.0. The smallest absolute Gasteiger partial charge is 0.138 e. The molecule has 2 aromatic rings. The summed E-state index contributed by atoms with van der Waals surface area (Å²) in [6, 6.07) is 10.1. The molecule has 2 nitrogen and oxygen atoms in total. The predicted molar refractivity (Wildman–Crippen MR) is 88.2 cm³/mol. The van der Waals surface area contributed by atoms with Crippen molar-refractivity contribution in [2.45, 2.75) is 5.92 Å². The van der Waals surface area contributed by atoms with E-state index in [0.717, 1.165) is 5.56 Å². The fourth-order valence-corrected chi connectivity index (χ4v) is 2.88. The zero-order chi connectivity index (χ0) is 15.4. The fraction of sp³-hybridized carbons (Fsp3) is 0.200. The van der Waals surface area contributed by atoms with Crippen molar-refractivity contribution in [2.75, 3.05) is 13.2 Å². The van der Waals surface area contributed by atoms with Gasteiger partial charge < -0.3 is 9.84 Å². The van der Waals surface area contributed by atoms with Gasteiger partial charge in [-0.1, -0.05) is 52.5 Å². The van der Waals surface area contributed by atoms with Crippen LogP contribution in [0.2, 0.25) is 20.1 Å². The van der Waals surface area contributed by atoms with Crippen molar-refractivity contribution >= 4 is 46.4 Å². The Kier molecular flexibility index (Phi) is 6.03. The standard InChI is InChI=1S/C15H12Cl4O2/c16-10-1-3-12(13(18)5-10)9(7-20)8-21-15-4-2-11(17)6-14(15)19/h1-6,9,20H,7-8H2/t9-/m1/s1. The van der Waals surface area contributed by atoms with Crippen molar-refractivity contribution < 1.29 is 9.84 Å². The van der Waals surface area contributed by atoms with Crippen molar-refractivity contribution in [3.63, 3.8) is 0 Å². The Morgan fingerprint density at radius 3 is 2.10 bits per heavy atom. The van der Waals surface area contributed by atoms with Crippen LogP contribution in [0.25, 0.3) is 0 Å². The normalized spacial score (nSPS) is 12.2. The minimum Gasteiger partial charge on any atom is -0.491 e. The van der Waals surface area contributed by atoms with Crippen LogP contribution in [0.4, 0.5) is 0 Å². The highest BCUT2D eigenvalue weighted by molar-refractivity contribution is 6.35. The summed E-state index contributed by atoms with van der Waals surface area (Å²) in [5.41, 5.74) is 0.772. The van der Waals surface area contributed by atoms with Gasteiger partial charge in [-0.25, -0.2) is 0 Å². The maximum absolute atomic E-state index is 9.54. The third-order valence-corrected chi connectivity index (χ3v) is 4.05. The maximum atomic E-state index is 9.54. The van der Waals surface area contributed by atoms with Gasteiger partial charge in [0.1, 0.15) is 5.75 Å². The predicted octanol–water partition coefficient (Wildman–Crippen LogP) is 5.46. The molecule has 0 radical (unpaired) electrons. The van der Waals surface area contributed by atoms with E-state index in [1.54, 1.807) is 36.4 Å². The van der Waals surface area contributed by atoms with Crippen LogP contribution in [-0.2, 0) is 0 Å². The molecule has 21 heavy (non-hydrogen) atoms. The van der Waals surface area contributed by atoms with E-state index in [1.165, 1.54) is 0 Å². The van der Waals surface area contributed by atoms with Crippen molar-refractivity contribution in [3.8, 4) is 5.75 Å². The van der Waals surface area contributed by atoms with E-state index in [4.69, 9.17) is 51.1 Å². The molecule has 2 aromatic carbocycles. The summed E-state index contributed by atoms with van der Waals surface area (Å²) >= 11 is 23.9. The summed E-state index contributed by atoms with van der Waals surface area (Å²) < 4.78 is 5.64. The second kappa shape index (κ2) is 7.57. The summed E-state index contributed by atoms with van der Waals surface area (Å²) in [6.07, 6.45) is 0. The number of hydrogen-bond donors (Lipinski definition) is 1. The second-order valence-electron chi connectivity index (χ2n) is 4.43. The van der Waals surface area contributed by atoms with Crippen LogP contribution < -0.4 is 4.74 Å². The third kappa shape index (κ3) is 4.41. The largest absolute Gasteiger partial charge is 0.491 e. The highest BCUT2D eigenvalue weighted by Gasteiger charge is 2.16. The van der Waals surface area contributed by atoms with Crippen molar-refractivity contribution in [1.82, 2.24) is 0 Å². The summed E-state index contributed by atoms with van der Waals surface area (Å²) in [7, 11) is 0. The quantitative estimate of drug-likeness (QED) is 0.762. The lowest BCUT2D eigenvalue weighted by Gasteiger charge is -2.18. The zero-order valence-corrected chi connectivity index (χ0v) is 13.8. The molecule has 2 rings (SSSR count). The van der Waals surface area contributed by atoms with Crippen LogP contribution in [0.15, 0.2) is 36.4 Å². The van der Waals surface area contributed by atoms with Crippen LogP contribution in [0.1, 0.15) is 11.5 Å². The number of aliphatic hydroxyl groups is 1. The van der Waals surface area contributed by atoms with E-state index in [0.29, 0.717) is 25.8 Å². The van der Waals surface area contributed by atoms with Crippen LogP contribution in [-0.4, -0.2) is 18.3 Å². The van der Waals surface area contributed by atoms with Crippen LogP contribution in [0, 0.1) is 0 Å². The van der Waals surface area contributed by atoms with E-state index >= 15 is 0 Å². The molecule has 0 bridgehead atoms. The molecule has 0 unspecified atom stereocenters. The van der Waals surface area contributed by atoms with Gasteiger partial charge >= 0.3 is 0 Å². The number of halogens is 4. The molecule has 0 saturated carbocycles. The molecule has 6 heteroatoms. The van der Waals surface area contributed by atoms with Gasteiger partial charge in [-0.05, 0) is 35.9 Å². The minimum atomic E-state index is -0.276. The summed E-state index contributed by atoms with van der Waals surface area (Å²) in [5.74, 6) is 0.228. The van der Waals surface area contributed by atoms with Gasteiger partial charge in [-0.2, -0.15) is 0 Å². The highest BCUT2D eigenvalue weighted by atomic mass is 35.5. The Morgan fingerprint density at radius 2 is 1.52 bits per heavy atom. The van der Waals surface area contributed by atoms with Crippen molar-refractivity contribution in [1.29, 1.82) is 0 Å². The number of rotatable bonds is 5. The Morgan fingerprint density at radius 1 is 0.905 bits per heavy atom. The third-order valence-electron chi connectivity index (χ3n) is 2.96. The van der Waals surface area contributed by atoms with Gasteiger partial charge in [0.05, 0.1) is 18.2 Å². The summed E-state index contributed by atoms with van der Waals surface area (Å²) in [6.45, 7) is 0.131. The first-order valence-electron chi connectivity index (χ1n) is 6.15. The second-order valence-corrected chi connectivity index (χ2v) is 6.12. The molecule has 0 aromatic heterocycles. The maximum Gasteiger partial charge on any atom is 0.138 e. The van der Waals surface area contributed by atoms with E-state index < -0.39 is 0 Å². The first-order chi connectivity index (χ1) is 10.0. The average molecular weight is 366 g/mol. The molecule has 0 spiro atoms. The SMILES string of the molecule is OC[C@H](COc1ccc(Cl)cc1Cl)c1ccc(Cl)cc1Cl. The average Bonchev–Trinajstić information content (AvgIpc) is 2.43. The van der Waals surface area contributed by atoms with Crippen LogP contribution >= 0.6 is 46.4 Å². The van der Waals surface area contributed by atoms with E-state index in [9.17, 15) is 5.11 Å². The lowest BCUT2D eigenvalue weighted by molar-refractivity contribution is 0.205. The van der Waals surface area contributed by atoms with Gasteiger partial charge in [0.25, 0.3) is 0 Å². The van der Waals surface area contributed by atoms with Crippen LogP contribution in [0.3, 0.4) is 0 Å². The molecule has 1 atom stereocenters. The molecule has 112 valence electrons. The van der Waals surface area contributed by atoms with Gasteiger partial charge in [0.15, 0.2) is 0 Å². The van der Waals surface area contributed by atoms with Crippen molar-refractivity contribution in [2.24, 2.45) is 0 Å². The number of ether oxygens (including phenoxy) is 1. The fourth-order valence-electron chi connectivity index (χ4n) is 1.86. The lowest BCUT2D eigenvalue weighted by Crippen LogP contribution is -2.14. The first kappa shape index (κ1) is 16.7. The topological polar surface area (TPSA) is 29.5 Å². The Hall–Kier alpha value is -0.640. The van der Waals surface area contributed by atoms with Crippen molar-refractivity contribution in [3.05, 3.63) is 62.1 Å². The van der Waals surface area contributed by atoms with Gasteiger partial charge in [-0.3, -0.25) is 0 Å². The number of hydrogen-bond acceptors (Lipinski definition) is 2. The number of aliphatic hydroxyl groups excluding tert-OH is 1. The van der Waals surface area contributed by atoms with Gasteiger partial charge in [0.2, 0.25) is 0 Å². The molecule has 0 aliphatic heterocycles. The molecule has 0 saturated heterocycles. The highest BCUT2D eigenvalue weighted by Crippen LogP contribution is 2.31.